The van der Waals surface area contributed by atoms with Gasteiger partial charge in [0.15, 0.2) is 5.82 Å². The van der Waals surface area contributed by atoms with Crippen LogP contribution in [0.2, 0.25) is 0 Å². The molecule has 0 bridgehead atoms. The second-order valence-corrected chi connectivity index (χ2v) is 7.29. The predicted octanol–water partition coefficient (Wildman–Crippen LogP) is 4.25. The third kappa shape index (κ3) is 3.46. The molecule has 1 saturated carbocycles. The van der Waals surface area contributed by atoms with Crippen molar-refractivity contribution in [1.29, 1.82) is 0 Å². The quantitative estimate of drug-likeness (QED) is 0.667. The van der Waals surface area contributed by atoms with Gasteiger partial charge in [0, 0.05) is 13.1 Å². The number of aromatic nitrogens is 3. The minimum Gasteiger partial charge on any atom is -0.336 e. The summed E-state index contributed by atoms with van der Waals surface area (Å²) in [5.74, 6) is -0.0110. The minimum atomic E-state index is -4.47. The maximum atomic E-state index is 13.1. The molecule has 27 heavy (non-hydrogen) atoms. The highest BCUT2D eigenvalue weighted by Gasteiger charge is 2.33. The van der Waals surface area contributed by atoms with Gasteiger partial charge >= 0.3 is 6.18 Å². The summed E-state index contributed by atoms with van der Waals surface area (Å²) in [6.07, 6.45) is -2.59. The van der Waals surface area contributed by atoms with Crippen LogP contribution in [0, 0.1) is 0 Å². The number of carbonyl (C=O) groups is 1. The Morgan fingerprint density at radius 1 is 1.26 bits per heavy atom. The Kier molecular flexibility index (Phi) is 4.26. The molecule has 0 atom stereocenters. The zero-order valence-corrected chi connectivity index (χ0v) is 15.1. The van der Waals surface area contributed by atoms with Gasteiger partial charge in [0.2, 0.25) is 5.82 Å². The second-order valence-electron chi connectivity index (χ2n) is 6.34. The average Bonchev–Trinajstić information content (AvgIpc) is 3.17. The van der Waals surface area contributed by atoms with E-state index >= 15 is 0 Å². The molecule has 2 aromatic heterocycles. The molecule has 1 aliphatic carbocycles. The number of hydrogen-bond donors (Lipinski definition) is 0. The SMILES string of the molecule is CN(C(=O)c1nc(-c2cccs2)n(-c2cccc(C(F)(F)F)c2)n1)C1CC1. The van der Waals surface area contributed by atoms with Gasteiger partial charge in [-0.1, -0.05) is 12.1 Å². The van der Waals surface area contributed by atoms with Gasteiger partial charge < -0.3 is 4.90 Å². The fourth-order valence-corrected chi connectivity index (χ4v) is 3.45. The molecule has 3 aromatic rings. The van der Waals surface area contributed by atoms with Crippen molar-refractivity contribution in [3.05, 3.63) is 53.2 Å². The van der Waals surface area contributed by atoms with Crippen molar-refractivity contribution in [1.82, 2.24) is 19.7 Å². The number of halogens is 3. The highest BCUT2D eigenvalue weighted by molar-refractivity contribution is 7.13. The van der Waals surface area contributed by atoms with Crippen molar-refractivity contribution < 1.29 is 18.0 Å². The van der Waals surface area contributed by atoms with Crippen LogP contribution >= 0.6 is 11.3 Å². The van der Waals surface area contributed by atoms with Gasteiger partial charge in [-0.3, -0.25) is 4.79 Å². The molecule has 2 heterocycles. The fraction of sp³-hybridized carbons (Fsp3) is 0.278. The summed E-state index contributed by atoms with van der Waals surface area (Å²) < 4.78 is 40.6. The van der Waals surface area contributed by atoms with E-state index in [1.54, 1.807) is 18.0 Å². The highest BCUT2D eigenvalue weighted by atomic mass is 32.1. The first kappa shape index (κ1) is 17.7. The first-order valence-corrected chi connectivity index (χ1v) is 9.18. The summed E-state index contributed by atoms with van der Waals surface area (Å²) in [5.41, 5.74) is -0.579. The largest absolute Gasteiger partial charge is 0.416 e. The Bertz CT molecular complexity index is 977. The predicted molar refractivity (Wildman–Crippen MR) is 94.8 cm³/mol. The van der Waals surface area contributed by atoms with Gasteiger partial charge in [-0.2, -0.15) is 13.2 Å². The summed E-state index contributed by atoms with van der Waals surface area (Å²) in [4.78, 5) is 19.3. The Morgan fingerprint density at radius 3 is 2.67 bits per heavy atom. The number of alkyl halides is 3. The van der Waals surface area contributed by atoms with Crippen molar-refractivity contribution in [2.75, 3.05) is 7.05 Å². The molecule has 0 aliphatic heterocycles. The van der Waals surface area contributed by atoms with E-state index in [9.17, 15) is 18.0 Å². The molecule has 0 saturated heterocycles. The van der Waals surface area contributed by atoms with E-state index in [1.165, 1.54) is 28.2 Å². The van der Waals surface area contributed by atoms with Crippen LogP contribution in [0.25, 0.3) is 16.4 Å². The smallest absolute Gasteiger partial charge is 0.336 e. The van der Waals surface area contributed by atoms with Crippen LogP contribution in [-0.4, -0.2) is 38.7 Å². The van der Waals surface area contributed by atoms with Crippen LogP contribution in [0.1, 0.15) is 29.0 Å². The lowest BCUT2D eigenvalue weighted by atomic mass is 10.2. The van der Waals surface area contributed by atoms with Crippen LogP contribution < -0.4 is 0 Å². The van der Waals surface area contributed by atoms with Crippen molar-refractivity contribution in [2.24, 2.45) is 0 Å². The Hall–Kier alpha value is -2.68. The molecule has 1 amide bonds. The third-order valence-electron chi connectivity index (χ3n) is 4.37. The van der Waals surface area contributed by atoms with Gasteiger partial charge in [0.05, 0.1) is 16.1 Å². The molecule has 0 unspecified atom stereocenters. The molecular formula is C18H15F3N4OS. The number of hydrogen-bond acceptors (Lipinski definition) is 4. The average molecular weight is 392 g/mol. The molecule has 0 spiro atoms. The third-order valence-corrected chi connectivity index (χ3v) is 5.24. The van der Waals surface area contributed by atoms with E-state index in [0.29, 0.717) is 10.7 Å². The first-order valence-electron chi connectivity index (χ1n) is 8.30. The maximum absolute atomic E-state index is 13.1. The maximum Gasteiger partial charge on any atom is 0.416 e. The van der Waals surface area contributed by atoms with Crippen molar-refractivity contribution in [3.8, 4) is 16.4 Å². The van der Waals surface area contributed by atoms with Crippen LogP contribution in [0.3, 0.4) is 0 Å². The molecule has 4 rings (SSSR count). The van der Waals surface area contributed by atoms with Gasteiger partial charge in [-0.25, -0.2) is 9.67 Å². The van der Waals surface area contributed by atoms with E-state index in [1.807, 2.05) is 11.4 Å². The van der Waals surface area contributed by atoms with Gasteiger partial charge in [-0.15, -0.1) is 16.4 Å². The van der Waals surface area contributed by atoms with Crippen molar-refractivity contribution in [3.63, 3.8) is 0 Å². The summed E-state index contributed by atoms with van der Waals surface area (Å²) in [5, 5.41) is 6.08. The molecule has 1 aliphatic rings. The number of benzene rings is 1. The molecule has 5 nitrogen and oxygen atoms in total. The van der Waals surface area contributed by atoms with Crippen molar-refractivity contribution in [2.45, 2.75) is 25.1 Å². The number of carbonyl (C=O) groups excluding carboxylic acids is 1. The zero-order chi connectivity index (χ0) is 19.2. The molecule has 140 valence electrons. The van der Waals surface area contributed by atoms with E-state index in [0.717, 1.165) is 25.0 Å². The number of nitrogens with zero attached hydrogens (tertiary/aromatic N) is 4. The van der Waals surface area contributed by atoms with E-state index < -0.39 is 11.7 Å². The monoisotopic (exact) mass is 392 g/mol. The summed E-state index contributed by atoms with van der Waals surface area (Å²) in [7, 11) is 1.69. The minimum absolute atomic E-state index is 0.0230. The summed E-state index contributed by atoms with van der Waals surface area (Å²) >= 11 is 1.38. The van der Waals surface area contributed by atoms with E-state index in [-0.39, 0.29) is 23.5 Å². The van der Waals surface area contributed by atoms with Gasteiger partial charge in [0.25, 0.3) is 5.91 Å². The highest BCUT2D eigenvalue weighted by Crippen LogP contribution is 2.32. The Balaban J connectivity index is 1.80. The second kappa shape index (κ2) is 6.49. The topological polar surface area (TPSA) is 51.0 Å². The summed E-state index contributed by atoms with van der Waals surface area (Å²) in [6, 6.07) is 8.61. The van der Waals surface area contributed by atoms with Crippen molar-refractivity contribution >= 4 is 17.2 Å². The van der Waals surface area contributed by atoms with Crippen LogP contribution in [0.4, 0.5) is 13.2 Å². The fourth-order valence-electron chi connectivity index (χ4n) is 2.75. The Labute approximate surface area is 157 Å². The molecule has 0 radical (unpaired) electrons. The normalized spacial score (nSPS) is 14.4. The first-order chi connectivity index (χ1) is 12.8. The van der Waals surface area contributed by atoms with E-state index in [4.69, 9.17) is 0 Å². The molecule has 1 aromatic carbocycles. The molecular weight excluding hydrogens is 377 g/mol. The molecule has 0 N–H and O–H groups in total. The van der Waals surface area contributed by atoms with Crippen LogP contribution in [0.15, 0.2) is 41.8 Å². The van der Waals surface area contributed by atoms with E-state index in [2.05, 4.69) is 10.1 Å². The standard InChI is InChI=1S/C18H15F3N4OS/c1-24(12-7-8-12)17(26)15-22-16(14-6-3-9-27-14)25(23-15)13-5-2-4-11(10-13)18(19,20)21/h2-6,9-10,12H,7-8H2,1H3. The molecule has 1 fully saturated rings. The lowest BCUT2D eigenvalue weighted by Crippen LogP contribution is -2.29. The van der Waals surface area contributed by atoms with Gasteiger partial charge in [-0.05, 0) is 42.5 Å². The van der Waals surface area contributed by atoms with Crippen LogP contribution in [0.5, 0.6) is 0 Å². The number of thiophene rings is 1. The lowest BCUT2D eigenvalue weighted by Gasteiger charge is -2.13. The number of amides is 1. The van der Waals surface area contributed by atoms with Crippen LogP contribution in [-0.2, 0) is 6.18 Å². The lowest BCUT2D eigenvalue weighted by molar-refractivity contribution is -0.137. The van der Waals surface area contributed by atoms with Gasteiger partial charge in [0.1, 0.15) is 0 Å². The molecule has 9 heteroatoms. The zero-order valence-electron chi connectivity index (χ0n) is 14.3. The number of rotatable bonds is 4. The Morgan fingerprint density at radius 2 is 2.04 bits per heavy atom. The summed E-state index contributed by atoms with van der Waals surface area (Å²) in [6.45, 7) is 0.